The van der Waals surface area contributed by atoms with Crippen LogP contribution in [0.25, 0.3) is 33.3 Å². The molecule has 0 fully saturated rings. The zero-order valence-electron chi connectivity index (χ0n) is 17.6. The third-order valence-electron chi connectivity index (χ3n) is 5.21. The second kappa shape index (κ2) is 9.27. The van der Waals surface area contributed by atoms with Crippen molar-refractivity contribution >= 4 is 28.6 Å². The fraction of sp³-hybridized carbons (Fsp3) is 0.250. The largest absolute Gasteiger partial charge is 0.354 e. The first-order valence-corrected chi connectivity index (χ1v) is 10.8. The van der Waals surface area contributed by atoms with E-state index in [-0.39, 0.29) is 5.56 Å². The van der Waals surface area contributed by atoms with Crippen LogP contribution in [-0.4, -0.2) is 26.1 Å². The van der Waals surface area contributed by atoms with Gasteiger partial charge in [-0.2, -0.15) is 4.98 Å². The zero-order valence-corrected chi connectivity index (χ0v) is 18.4. The Morgan fingerprint density at radius 2 is 1.94 bits per heavy atom. The van der Waals surface area contributed by atoms with E-state index in [9.17, 15) is 4.79 Å². The maximum Gasteiger partial charge on any atom is 0.260 e. The van der Waals surface area contributed by atoms with Gasteiger partial charge in [0.05, 0.1) is 0 Å². The second-order valence-electron chi connectivity index (χ2n) is 7.30. The van der Waals surface area contributed by atoms with Crippen LogP contribution < -0.4 is 10.9 Å². The maximum atomic E-state index is 13.3. The maximum absolute atomic E-state index is 13.3. The van der Waals surface area contributed by atoms with Gasteiger partial charge in [-0.05, 0) is 37.1 Å². The Labute approximate surface area is 186 Å². The Kier molecular flexibility index (Phi) is 6.28. The van der Waals surface area contributed by atoms with Gasteiger partial charge in [0.1, 0.15) is 5.65 Å². The van der Waals surface area contributed by atoms with Crippen LogP contribution >= 0.6 is 11.6 Å². The Hall–Kier alpha value is -3.25. The predicted octanol–water partition coefficient (Wildman–Crippen LogP) is 5.41. The number of hydrogen-bond acceptors (Lipinski definition) is 5. The van der Waals surface area contributed by atoms with E-state index in [1.807, 2.05) is 43.3 Å². The molecule has 0 atom stereocenters. The van der Waals surface area contributed by atoms with E-state index in [0.29, 0.717) is 34.3 Å². The van der Waals surface area contributed by atoms with Gasteiger partial charge < -0.3 is 5.32 Å². The summed E-state index contributed by atoms with van der Waals surface area (Å²) in [5, 5.41) is 4.53. The molecule has 1 aromatic carbocycles. The normalized spacial score (nSPS) is 11.1. The highest BCUT2D eigenvalue weighted by atomic mass is 35.5. The van der Waals surface area contributed by atoms with Gasteiger partial charge in [0.15, 0.2) is 0 Å². The molecule has 4 aromatic rings. The van der Waals surface area contributed by atoms with E-state index in [1.165, 1.54) is 0 Å². The first-order chi connectivity index (χ1) is 15.1. The van der Waals surface area contributed by atoms with Crippen LogP contribution in [0.5, 0.6) is 0 Å². The van der Waals surface area contributed by atoms with Crippen molar-refractivity contribution in [3.05, 3.63) is 70.4 Å². The molecule has 0 radical (unpaired) electrons. The molecule has 158 valence electrons. The van der Waals surface area contributed by atoms with E-state index < -0.39 is 0 Å². The van der Waals surface area contributed by atoms with Gasteiger partial charge in [0.25, 0.3) is 5.56 Å². The van der Waals surface area contributed by atoms with E-state index in [1.54, 1.807) is 23.2 Å². The van der Waals surface area contributed by atoms with Gasteiger partial charge in [-0.3, -0.25) is 14.3 Å². The van der Waals surface area contributed by atoms with Crippen molar-refractivity contribution in [1.82, 2.24) is 19.5 Å². The van der Waals surface area contributed by atoms with Crippen LogP contribution in [0.15, 0.2) is 59.8 Å². The monoisotopic (exact) mass is 433 g/mol. The fourth-order valence-corrected chi connectivity index (χ4v) is 3.84. The molecular formula is C24H24ClN5O. The first-order valence-electron chi connectivity index (χ1n) is 10.5. The summed E-state index contributed by atoms with van der Waals surface area (Å²) in [6.07, 6.45) is 7.39. The van der Waals surface area contributed by atoms with Crippen molar-refractivity contribution in [2.75, 3.05) is 11.9 Å². The van der Waals surface area contributed by atoms with Gasteiger partial charge in [0.2, 0.25) is 5.95 Å². The van der Waals surface area contributed by atoms with Gasteiger partial charge >= 0.3 is 0 Å². The summed E-state index contributed by atoms with van der Waals surface area (Å²) in [7, 11) is 0. The second-order valence-corrected chi connectivity index (χ2v) is 7.70. The molecule has 1 N–H and O–H groups in total. The highest BCUT2D eigenvalue weighted by Gasteiger charge is 2.15. The third-order valence-corrected chi connectivity index (χ3v) is 5.52. The lowest BCUT2D eigenvalue weighted by molar-refractivity contribution is 0.749. The van der Waals surface area contributed by atoms with E-state index in [2.05, 4.69) is 27.2 Å². The van der Waals surface area contributed by atoms with Crippen LogP contribution in [0, 0.1) is 0 Å². The quantitative estimate of drug-likeness (QED) is 0.395. The number of aryl methyl sites for hydroxylation is 1. The van der Waals surface area contributed by atoms with Crippen molar-refractivity contribution in [1.29, 1.82) is 0 Å². The van der Waals surface area contributed by atoms with Crippen LogP contribution in [0.3, 0.4) is 0 Å². The average Bonchev–Trinajstić information content (AvgIpc) is 2.80. The summed E-state index contributed by atoms with van der Waals surface area (Å²) in [5.41, 5.74) is 3.64. The molecule has 0 unspecified atom stereocenters. The number of anilines is 1. The number of nitrogens with zero attached hydrogens (tertiary/aromatic N) is 4. The third kappa shape index (κ3) is 4.30. The number of fused-ring (bicyclic) bond motifs is 1. The molecule has 0 aliphatic rings. The number of pyridine rings is 2. The molecule has 0 aliphatic heterocycles. The molecule has 6 nitrogen and oxygen atoms in total. The summed E-state index contributed by atoms with van der Waals surface area (Å²) in [6, 6.07) is 11.4. The highest BCUT2D eigenvalue weighted by Crippen LogP contribution is 2.31. The lowest BCUT2D eigenvalue weighted by Gasteiger charge is -2.13. The van der Waals surface area contributed by atoms with Crippen molar-refractivity contribution in [2.24, 2.45) is 0 Å². The summed E-state index contributed by atoms with van der Waals surface area (Å²) in [5.74, 6) is 0.536. The average molecular weight is 434 g/mol. The first kappa shape index (κ1) is 21.0. The number of aromatic nitrogens is 4. The minimum absolute atomic E-state index is 0.121. The number of benzene rings is 1. The minimum Gasteiger partial charge on any atom is -0.354 e. The highest BCUT2D eigenvalue weighted by molar-refractivity contribution is 6.33. The number of halogens is 1. The molecule has 0 spiro atoms. The number of nitrogens with one attached hydrogen (secondary N) is 1. The zero-order chi connectivity index (χ0) is 21.8. The van der Waals surface area contributed by atoms with Crippen LogP contribution in [0.4, 0.5) is 5.95 Å². The van der Waals surface area contributed by atoms with E-state index in [0.717, 1.165) is 35.9 Å². The summed E-state index contributed by atoms with van der Waals surface area (Å²) >= 11 is 6.62. The Bertz CT molecular complexity index is 1270. The molecule has 0 bridgehead atoms. The number of hydrogen-bond donors (Lipinski definition) is 1. The fourth-order valence-electron chi connectivity index (χ4n) is 3.55. The van der Waals surface area contributed by atoms with Crippen molar-refractivity contribution in [3.8, 4) is 22.3 Å². The lowest BCUT2D eigenvalue weighted by Crippen LogP contribution is -2.22. The van der Waals surface area contributed by atoms with Crippen LogP contribution in [0.2, 0.25) is 5.02 Å². The number of rotatable bonds is 7. The van der Waals surface area contributed by atoms with Gasteiger partial charge in [-0.15, -0.1) is 0 Å². The Morgan fingerprint density at radius 1 is 1.06 bits per heavy atom. The van der Waals surface area contributed by atoms with Crippen molar-refractivity contribution < 1.29 is 0 Å². The Balaban J connectivity index is 1.78. The summed E-state index contributed by atoms with van der Waals surface area (Å²) in [6.45, 7) is 5.37. The molecule has 0 saturated heterocycles. The molecule has 4 rings (SSSR count). The SMILES string of the molecule is CCCCNc1ncc2cc(-c3ccc(-c4cccnc4)cc3Cl)c(=O)n(CC)c2n1. The van der Waals surface area contributed by atoms with E-state index in [4.69, 9.17) is 11.6 Å². The molecule has 31 heavy (non-hydrogen) atoms. The van der Waals surface area contributed by atoms with Gasteiger partial charge in [0, 0.05) is 58.8 Å². The lowest BCUT2D eigenvalue weighted by atomic mass is 10.0. The summed E-state index contributed by atoms with van der Waals surface area (Å²) < 4.78 is 1.67. The Morgan fingerprint density at radius 3 is 2.65 bits per heavy atom. The van der Waals surface area contributed by atoms with E-state index >= 15 is 0 Å². The van der Waals surface area contributed by atoms with Crippen LogP contribution in [-0.2, 0) is 6.54 Å². The van der Waals surface area contributed by atoms with Crippen molar-refractivity contribution in [2.45, 2.75) is 33.2 Å². The molecule has 0 aliphatic carbocycles. The van der Waals surface area contributed by atoms with Crippen molar-refractivity contribution in [3.63, 3.8) is 0 Å². The molecule has 0 amide bonds. The predicted molar refractivity (Wildman–Crippen MR) is 127 cm³/mol. The van der Waals surface area contributed by atoms with Gasteiger partial charge in [-0.1, -0.05) is 43.1 Å². The smallest absolute Gasteiger partial charge is 0.260 e. The molecule has 0 saturated carbocycles. The molecule has 7 heteroatoms. The van der Waals surface area contributed by atoms with Gasteiger partial charge in [-0.25, -0.2) is 4.98 Å². The topological polar surface area (TPSA) is 72.7 Å². The van der Waals surface area contributed by atoms with Crippen LogP contribution in [0.1, 0.15) is 26.7 Å². The molecular weight excluding hydrogens is 410 g/mol. The minimum atomic E-state index is -0.121. The molecule has 3 heterocycles. The molecule has 3 aromatic heterocycles. The number of unbranched alkanes of at least 4 members (excludes halogenated alkanes) is 1. The standard InChI is InChI=1S/C24H24ClN5O/c1-3-5-11-27-24-28-15-18-12-20(23(31)30(4-2)22(18)29-24)19-9-8-16(13-21(19)25)17-7-6-10-26-14-17/h6-10,12-15H,3-5,11H2,1-2H3,(H,27,28,29). The summed E-state index contributed by atoms with van der Waals surface area (Å²) in [4.78, 5) is 26.5.